The summed E-state index contributed by atoms with van der Waals surface area (Å²) in [6.45, 7) is 5.12. The molecule has 1 aromatic rings. The predicted molar refractivity (Wildman–Crippen MR) is 90.4 cm³/mol. The van der Waals surface area contributed by atoms with Gasteiger partial charge in [-0.2, -0.15) is 0 Å². The van der Waals surface area contributed by atoms with Crippen molar-refractivity contribution in [3.8, 4) is 0 Å². The fourth-order valence-electron chi connectivity index (χ4n) is 2.64. The molecular formula is C14H24Cl2N4O. The minimum absolute atomic E-state index is 0. The normalized spacial score (nSPS) is 17.7. The van der Waals surface area contributed by atoms with Crippen LogP contribution >= 0.6 is 24.8 Å². The van der Waals surface area contributed by atoms with Crippen LogP contribution in [0.15, 0.2) is 18.3 Å². The van der Waals surface area contributed by atoms with Crippen LogP contribution in [0, 0.1) is 0 Å². The molecule has 1 unspecified atom stereocenters. The van der Waals surface area contributed by atoms with Crippen molar-refractivity contribution in [2.75, 3.05) is 32.4 Å². The lowest BCUT2D eigenvalue weighted by Gasteiger charge is -2.27. The molecule has 1 saturated heterocycles. The quantitative estimate of drug-likeness (QED) is 0.915. The van der Waals surface area contributed by atoms with E-state index in [0.29, 0.717) is 17.4 Å². The van der Waals surface area contributed by atoms with Crippen LogP contribution in [0.5, 0.6) is 0 Å². The molecule has 1 aromatic heterocycles. The number of aromatic nitrogens is 1. The van der Waals surface area contributed by atoms with E-state index >= 15 is 0 Å². The molecule has 1 fully saturated rings. The number of carbonyl (C=O) groups excluding carboxylic acids is 1. The van der Waals surface area contributed by atoms with E-state index in [1.807, 2.05) is 7.05 Å². The van der Waals surface area contributed by atoms with Crippen LogP contribution in [0.1, 0.15) is 30.3 Å². The number of halogens is 2. The van der Waals surface area contributed by atoms with Crippen molar-refractivity contribution in [2.45, 2.75) is 25.8 Å². The van der Waals surface area contributed by atoms with Crippen molar-refractivity contribution in [1.82, 2.24) is 14.8 Å². The summed E-state index contributed by atoms with van der Waals surface area (Å²) in [5.41, 5.74) is 6.61. The molecule has 2 N–H and O–H groups in total. The minimum atomic E-state index is -0.0389. The van der Waals surface area contributed by atoms with Crippen molar-refractivity contribution in [3.63, 3.8) is 0 Å². The van der Waals surface area contributed by atoms with E-state index in [1.165, 1.54) is 19.0 Å². The third kappa shape index (κ3) is 5.02. The summed E-state index contributed by atoms with van der Waals surface area (Å²) in [6, 6.07) is 3.87. The molecule has 0 aromatic carbocycles. The van der Waals surface area contributed by atoms with Gasteiger partial charge in [0.05, 0.1) is 11.9 Å². The second-order valence-electron chi connectivity index (χ2n) is 5.09. The van der Waals surface area contributed by atoms with Crippen LogP contribution in [0.4, 0.5) is 5.69 Å². The van der Waals surface area contributed by atoms with Crippen LogP contribution in [0.3, 0.4) is 0 Å². The Labute approximate surface area is 138 Å². The average molecular weight is 335 g/mol. The second-order valence-corrected chi connectivity index (χ2v) is 5.09. The molecule has 1 aliphatic heterocycles. The summed E-state index contributed by atoms with van der Waals surface area (Å²) in [4.78, 5) is 20.5. The first-order valence-electron chi connectivity index (χ1n) is 6.83. The lowest BCUT2D eigenvalue weighted by Crippen LogP contribution is -2.41. The highest BCUT2D eigenvalue weighted by Crippen LogP contribution is 2.17. The van der Waals surface area contributed by atoms with Gasteiger partial charge in [-0.15, -0.1) is 24.8 Å². The lowest BCUT2D eigenvalue weighted by molar-refractivity contribution is 0.0749. The van der Waals surface area contributed by atoms with Gasteiger partial charge in [-0.05, 0) is 38.1 Å². The molecule has 0 aliphatic carbocycles. The third-order valence-corrected chi connectivity index (χ3v) is 3.74. The number of amides is 1. The molecule has 120 valence electrons. The van der Waals surface area contributed by atoms with Gasteiger partial charge >= 0.3 is 0 Å². The number of hydrogen-bond donors (Lipinski definition) is 1. The van der Waals surface area contributed by atoms with Crippen LogP contribution in [-0.2, 0) is 0 Å². The van der Waals surface area contributed by atoms with Gasteiger partial charge in [0, 0.05) is 19.6 Å². The molecule has 5 nitrogen and oxygen atoms in total. The molecule has 1 atom stereocenters. The first-order valence-corrected chi connectivity index (χ1v) is 6.83. The Hall–Kier alpha value is -1.04. The first kappa shape index (κ1) is 20.0. The smallest absolute Gasteiger partial charge is 0.272 e. The highest BCUT2D eigenvalue weighted by molar-refractivity contribution is 5.92. The van der Waals surface area contributed by atoms with Crippen molar-refractivity contribution in [2.24, 2.45) is 0 Å². The molecule has 0 radical (unpaired) electrons. The van der Waals surface area contributed by atoms with Crippen LogP contribution in [-0.4, -0.2) is 53.4 Å². The topological polar surface area (TPSA) is 62.5 Å². The SMILES string of the molecule is CCN1CCCC1CN(C)C(=O)c1ccc(N)cn1.Cl.Cl. The Morgan fingerprint density at radius 3 is 2.76 bits per heavy atom. The third-order valence-electron chi connectivity index (χ3n) is 3.74. The molecule has 0 bridgehead atoms. The first-order chi connectivity index (χ1) is 9.11. The lowest BCUT2D eigenvalue weighted by atomic mass is 10.2. The number of nitrogen functional groups attached to an aromatic ring is 1. The van der Waals surface area contributed by atoms with Crippen molar-refractivity contribution in [1.29, 1.82) is 0 Å². The maximum atomic E-state index is 12.2. The zero-order chi connectivity index (χ0) is 13.8. The molecule has 0 spiro atoms. The number of carbonyl (C=O) groups is 1. The number of pyridine rings is 1. The number of nitrogens with zero attached hydrogens (tertiary/aromatic N) is 3. The van der Waals surface area contributed by atoms with Gasteiger partial charge in [-0.1, -0.05) is 6.92 Å². The molecule has 1 aliphatic rings. The highest BCUT2D eigenvalue weighted by Gasteiger charge is 2.26. The zero-order valence-electron chi connectivity index (χ0n) is 12.5. The monoisotopic (exact) mass is 334 g/mol. The number of hydrogen-bond acceptors (Lipinski definition) is 4. The fourth-order valence-corrected chi connectivity index (χ4v) is 2.64. The van der Waals surface area contributed by atoms with Gasteiger partial charge in [0.25, 0.3) is 5.91 Å². The van der Waals surface area contributed by atoms with Crippen molar-refractivity contribution < 1.29 is 4.79 Å². The molecule has 2 rings (SSSR count). The Balaban J connectivity index is 0.00000200. The largest absolute Gasteiger partial charge is 0.397 e. The predicted octanol–water partition coefficient (Wildman–Crippen LogP) is 2.06. The Morgan fingerprint density at radius 2 is 2.19 bits per heavy atom. The van der Waals surface area contributed by atoms with E-state index in [1.54, 1.807) is 17.0 Å². The number of nitrogens with two attached hydrogens (primary N) is 1. The van der Waals surface area contributed by atoms with E-state index in [4.69, 9.17) is 5.73 Å². The van der Waals surface area contributed by atoms with Gasteiger partial charge in [-0.3, -0.25) is 9.69 Å². The van der Waals surface area contributed by atoms with E-state index in [0.717, 1.165) is 19.6 Å². The summed E-state index contributed by atoms with van der Waals surface area (Å²) in [5.74, 6) is -0.0389. The van der Waals surface area contributed by atoms with Gasteiger partial charge in [0.1, 0.15) is 5.69 Å². The summed E-state index contributed by atoms with van der Waals surface area (Å²) >= 11 is 0. The summed E-state index contributed by atoms with van der Waals surface area (Å²) in [7, 11) is 1.84. The number of likely N-dealkylation sites (N-methyl/N-ethyl adjacent to an activating group) is 2. The number of anilines is 1. The van der Waals surface area contributed by atoms with Gasteiger partial charge in [0.2, 0.25) is 0 Å². The van der Waals surface area contributed by atoms with Gasteiger partial charge < -0.3 is 10.6 Å². The molecule has 1 amide bonds. The summed E-state index contributed by atoms with van der Waals surface area (Å²) < 4.78 is 0. The van der Waals surface area contributed by atoms with Crippen LogP contribution in [0.2, 0.25) is 0 Å². The van der Waals surface area contributed by atoms with E-state index in [2.05, 4.69) is 16.8 Å². The average Bonchev–Trinajstić information content (AvgIpc) is 2.86. The maximum Gasteiger partial charge on any atom is 0.272 e. The molecule has 21 heavy (non-hydrogen) atoms. The fraction of sp³-hybridized carbons (Fsp3) is 0.571. The summed E-state index contributed by atoms with van der Waals surface area (Å²) in [5, 5.41) is 0. The van der Waals surface area contributed by atoms with Crippen molar-refractivity contribution in [3.05, 3.63) is 24.0 Å². The van der Waals surface area contributed by atoms with Gasteiger partial charge in [0.15, 0.2) is 0 Å². The molecule has 7 heteroatoms. The Bertz CT molecular complexity index is 441. The molecule has 2 heterocycles. The van der Waals surface area contributed by atoms with Gasteiger partial charge in [-0.25, -0.2) is 4.98 Å². The zero-order valence-corrected chi connectivity index (χ0v) is 14.1. The Kier molecular flexibility index (Phi) is 8.63. The molecular weight excluding hydrogens is 311 g/mol. The highest BCUT2D eigenvalue weighted by atomic mass is 35.5. The Morgan fingerprint density at radius 1 is 1.48 bits per heavy atom. The van der Waals surface area contributed by atoms with Crippen LogP contribution < -0.4 is 5.73 Å². The van der Waals surface area contributed by atoms with E-state index in [-0.39, 0.29) is 30.7 Å². The number of likely N-dealkylation sites (tertiary alicyclic amines) is 1. The van der Waals surface area contributed by atoms with E-state index in [9.17, 15) is 4.79 Å². The van der Waals surface area contributed by atoms with Crippen LogP contribution in [0.25, 0.3) is 0 Å². The summed E-state index contributed by atoms with van der Waals surface area (Å²) in [6.07, 6.45) is 3.91. The second kappa shape index (κ2) is 9.07. The maximum absolute atomic E-state index is 12.2. The number of rotatable bonds is 4. The van der Waals surface area contributed by atoms with Crippen molar-refractivity contribution >= 4 is 36.4 Å². The minimum Gasteiger partial charge on any atom is -0.397 e. The standard InChI is InChI=1S/C14H22N4O.2ClH/c1-3-18-8-4-5-12(18)10-17(2)14(19)13-7-6-11(15)9-16-13;;/h6-7,9,12H,3-5,8,10,15H2,1-2H3;2*1H. The molecule has 0 saturated carbocycles. The van der Waals surface area contributed by atoms with E-state index < -0.39 is 0 Å².